The van der Waals surface area contributed by atoms with Crippen molar-refractivity contribution >= 4 is 22.9 Å². The molecule has 0 saturated heterocycles. The number of nitrogen functional groups attached to an aromatic ring is 2. The fourth-order valence-corrected chi connectivity index (χ4v) is 2.76. The quantitative estimate of drug-likeness (QED) is 0.441. The summed E-state index contributed by atoms with van der Waals surface area (Å²) in [6.07, 6.45) is 0. The molecule has 24 heavy (non-hydrogen) atoms. The van der Waals surface area contributed by atoms with Crippen molar-refractivity contribution in [3.05, 3.63) is 36.4 Å². The Kier molecular flexibility index (Phi) is 2.36. The van der Waals surface area contributed by atoms with Crippen LogP contribution in [0.15, 0.2) is 36.4 Å². The van der Waals surface area contributed by atoms with Gasteiger partial charge in [0, 0.05) is 0 Å². The zero-order chi connectivity index (χ0) is 16.3. The number of hydrogen-bond donors (Lipinski definition) is 2. The van der Waals surface area contributed by atoms with E-state index in [1.54, 1.807) is 0 Å². The molecule has 0 fully saturated rings. The molecule has 0 atom stereocenters. The van der Waals surface area contributed by atoms with Gasteiger partial charge < -0.3 is 11.5 Å². The molecule has 1 aliphatic heterocycles. The molecule has 0 spiro atoms. The van der Waals surface area contributed by atoms with Gasteiger partial charge >= 0.3 is 0 Å². The Morgan fingerprint density at radius 3 is 1.83 bits per heavy atom. The van der Waals surface area contributed by atoms with E-state index in [4.69, 9.17) is 11.5 Å². The minimum Gasteiger partial charge on any atom is -0.382 e. The van der Waals surface area contributed by atoms with Crippen LogP contribution < -0.4 is 11.5 Å². The van der Waals surface area contributed by atoms with E-state index < -0.39 is 0 Å². The Morgan fingerprint density at radius 2 is 1.17 bits per heavy atom. The maximum atomic E-state index is 5.93. The lowest BCUT2D eigenvalue weighted by molar-refractivity contribution is 1.13. The highest BCUT2D eigenvalue weighted by molar-refractivity contribution is 5.89. The molecular formula is C16H10N8. The number of fused-ring (bicyclic) bond motifs is 9. The lowest BCUT2D eigenvalue weighted by Crippen LogP contribution is -2.07. The van der Waals surface area contributed by atoms with Crippen LogP contribution in [0.2, 0.25) is 0 Å². The fourth-order valence-electron chi connectivity index (χ4n) is 2.76. The molecule has 4 bridgehead atoms. The predicted octanol–water partition coefficient (Wildman–Crippen LogP) is 1.69. The molecule has 114 valence electrons. The summed E-state index contributed by atoms with van der Waals surface area (Å²) >= 11 is 0. The van der Waals surface area contributed by atoms with Gasteiger partial charge in [-0.05, 0) is 24.3 Å². The van der Waals surface area contributed by atoms with Gasteiger partial charge in [-0.3, -0.25) is 0 Å². The molecule has 1 aliphatic rings. The molecule has 0 saturated carbocycles. The topological polar surface area (TPSA) is 129 Å². The van der Waals surface area contributed by atoms with Gasteiger partial charge in [-0.2, -0.15) is 9.97 Å². The summed E-state index contributed by atoms with van der Waals surface area (Å²) in [5.41, 5.74) is 16.5. The van der Waals surface area contributed by atoms with Gasteiger partial charge in [-0.15, -0.1) is 0 Å². The van der Waals surface area contributed by atoms with Gasteiger partial charge in [0.05, 0.1) is 22.8 Å². The van der Waals surface area contributed by atoms with Crippen LogP contribution in [-0.4, -0.2) is 29.9 Å². The molecular weight excluding hydrogens is 304 g/mol. The molecule has 0 unspecified atom stereocenters. The molecule has 0 radical (unpaired) electrons. The molecule has 5 heterocycles. The van der Waals surface area contributed by atoms with Crippen molar-refractivity contribution in [3.8, 4) is 34.2 Å². The van der Waals surface area contributed by atoms with Gasteiger partial charge in [0.25, 0.3) is 0 Å². The third kappa shape index (κ3) is 1.73. The predicted molar refractivity (Wildman–Crippen MR) is 89.4 cm³/mol. The van der Waals surface area contributed by atoms with Gasteiger partial charge in [-0.25, -0.2) is 19.9 Å². The van der Waals surface area contributed by atoms with Crippen molar-refractivity contribution in [2.24, 2.45) is 0 Å². The third-order valence-corrected chi connectivity index (χ3v) is 3.82. The first-order chi connectivity index (χ1) is 11.7. The van der Waals surface area contributed by atoms with E-state index in [2.05, 4.69) is 29.9 Å². The molecule has 0 aliphatic carbocycles. The zero-order valence-corrected chi connectivity index (χ0v) is 12.3. The summed E-state index contributed by atoms with van der Waals surface area (Å²) in [5, 5.41) is 0. The first kappa shape index (κ1) is 12.8. The number of anilines is 2. The first-order valence-corrected chi connectivity index (χ1v) is 7.25. The van der Waals surface area contributed by atoms with Crippen LogP contribution in [-0.2, 0) is 0 Å². The van der Waals surface area contributed by atoms with Gasteiger partial charge in [-0.1, -0.05) is 12.1 Å². The van der Waals surface area contributed by atoms with Gasteiger partial charge in [0.2, 0.25) is 5.95 Å². The number of nitrogens with zero attached hydrogens (tertiary/aromatic N) is 6. The molecule has 0 aromatic carbocycles. The van der Waals surface area contributed by atoms with Crippen LogP contribution in [0, 0.1) is 0 Å². The SMILES string of the molecule is Nc1nc(N)c2nc3c(nc2n1)-c1cccc(n1)-c1cccc-3n1. The van der Waals surface area contributed by atoms with Crippen molar-refractivity contribution in [1.82, 2.24) is 29.9 Å². The molecule has 4 aromatic heterocycles. The van der Waals surface area contributed by atoms with Crippen LogP contribution >= 0.6 is 0 Å². The Morgan fingerprint density at radius 1 is 0.583 bits per heavy atom. The van der Waals surface area contributed by atoms with Crippen LogP contribution in [0.25, 0.3) is 45.3 Å². The van der Waals surface area contributed by atoms with E-state index in [-0.39, 0.29) is 11.8 Å². The number of nitrogens with two attached hydrogens (primary N) is 2. The maximum absolute atomic E-state index is 5.93. The second-order valence-corrected chi connectivity index (χ2v) is 5.38. The van der Waals surface area contributed by atoms with E-state index in [0.717, 1.165) is 11.4 Å². The van der Waals surface area contributed by atoms with Crippen LogP contribution in [0.3, 0.4) is 0 Å². The van der Waals surface area contributed by atoms with Crippen molar-refractivity contribution < 1.29 is 0 Å². The summed E-state index contributed by atoms with van der Waals surface area (Å²) in [4.78, 5) is 26.6. The minimum atomic E-state index is 0.0573. The fraction of sp³-hybridized carbons (Fsp3) is 0. The number of rotatable bonds is 0. The zero-order valence-electron chi connectivity index (χ0n) is 12.3. The summed E-state index contributed by atoms with van der Waals surface area (Å²) in [5.74, 6) is 0.245. The summed E-state index contributed by atoms with van der Waals surface area (Å²) in [6.45, 7) is 0. The molecule has 4 aromatic rings. The standard InChI is InChI=1S/C16H10N8/c17-14-13-15(24-16(18)23-14)22-12-10-6-2-4-8(20-10)7-3-1-5-9(19-7)11(12)21-13/h1-6H,(H4,17,18,22,23,24). The second kappa shape index (κ2) is 4.42. The van der Waals surface area contributed by atoms with Crippen LogP contribution in [0.1, 0.15) is 0 Å². The monoisotopic (exact) mass is 314 g/mol. The second-order valence-electron chi connectivity index (χ2n) is 5.38. The highest BCUT2D eigenvalue weighted by Crippen LogP contribution is 2.33. The van der Waals surface area contributed by atoms with E-state index in [9.17, 15) is 0 Å². The van der Waals surface area contributed by atoms with Crippen LogP contribution in [0.4, 0.5) is 11.8 Å². The molecule has 8 heteroatoms. The Hall–Kier alpha value is -3.68. The van der Waals surface area contributed by atoms with Crippen LogP contribution in [0.5, 0.6) is 0 Å². The minimum absolute atomic E-state index is 0.0573. The van der Waals surface area contributed by atoms with Gasteiger partial charge in [0.15, 0.2) is 17.0 Å². The smallest absolute Gasteiger partial charge is 0.224 e. The largest absolute Gasteiger partial charge is 0.382 e. The van der Waals surface area contributed by atoms with E-state index in [1.807, 2.05) is 36.4 Å². The summed E-state index contributed by atoms with van der Waals surface area (Å²) in [7, 11) is 0. The third-order valence-electron chi connectivity index (χ3n) is 3.82. The number of aromatic nitrogens is 6. The van der Waals surface area contributed by atoms with E-state index in [1.165, 1.54) is 0 Å². The Balaban J connectivity index is 1.96. The highest BCUT2D eigenvalue weighted by atomic mass is 15.1. The molecule has 4 N–H and O–H groups in total. The summed E-state index contributed by atoms with van der Waals surface area (Å²) in [6, 6.07) is 11.4. The summed E-state index contributed by atoms with van der Waals surface area (Å²) < 4.78 is 0. The van der Waals surface area contributed by atoms with Gasteiger partial charge in [0.1, 0.15) is 11.4 Å². The van der Waals surface area contributed by atoms with Crippen molar-refractivity contribution in [3.63, 3.8) is 0 Å². The maximum Gasteiger partial charge on any atom is 0.224 e. The highest BCUT2D eigenvalue weighted by Gasteiger charge is 2.21. The van der Waals surface area contributed by atoms with Crippen molar-refractivity contribution in [2.45, 2.75) is 0 Å². The number of hydrogen-bond acceptors (Lipinski definition) is 8. The molecule has 8 nitrogen and oxygen atoms in total. The van der Waals surface area contributed by atoms with E-state index in [0.29, 0.717) is 33.9 Å². The van der Waals surface area contributed by atoms with Crippen molar-refractivity contribution in [2.75, 3.05) is 11.5 Å². The lowest BCUT2D eigenvalue weighted by Gasteiger charge is -2.14. The number of pyridine rings is 2. The Labute approximate surface area is 135 Å². The molecule has 0 amide bonds. The Bertz CT molecular complexity index is 1140. The average Bonchev–Trinajstić information content (AvgIpc) is 2.60. The normalized spacial score (nSPS) is 11.7. The molecule has 5 rings (SSSR count). The lowest BCUT2D eigenvalue weighted by atomic mass is 10.1. The first-order valence-electron chi connectivity index (χ1n) is 7.25. The van der Waals surface area contributed by atoms with E-state index >= 15 is 0 Å². The average molecular weight is 314 g/mol. The van der Waals surface area contributed by atoms with Crippen molar-refractivity contribution in [1.29, 1.82) is 0 Å².